The average molecular weight is 288 g/mol. The summed E-state index contributed by atoms with van der Waals surface area (Å²) in [4.78, 5) is 16.2. The van der Waals surface area contributed by atoms with E-state index in [-0.39, 0.29) is 12.2 Å². The quantitative estimate of drug-likeness (QED) is 0.846. The third kappa shape index (κ3) is 4.15. The molecule has 0 saturated heterocycles. The Labute approximate surface area is 124 Å². The highest BCUT2D eigenvalue weighted by Crippen LogP contribution is 2.18. The van der Waals surface area contributed by atoms with Gasteiger partial charge in [-0.15, -0.1) is 0 Å². The maximum Gasteiger partial charge on any atom is 0.234 e. The first kappa shape index (κ1) is 15.2. The van der Waals surface area contributed by atoms with Crippen LogP contribution in [0.2, 0.25) is 0 Å². The van der Waals surface area contributed by atoms with Crippen molar-refractivity contribution in [3.05, 3.63) is 41.5 Å². The SMILES string of the molecule is COc1ccc(Cc2noc(CC(=O)C(C)(C)C)n2)cc1. The van der Waals surface area contributed by atoms with Gasteiger partial charge in [0.25, 0.3) is 0 Å². The minimum absolute atomic E-state index is 0.0853. The van der Waals surface area contributed by atoms with E-state index in [0.29, 0.717) is 18.1 Å². The van der Waals surface area contributed by atoms with E-state index < -0.39 is 5.41 Å². The number of rotatable bonds is 5. The van der Waals surface area contributed by atoms with Gasteiger partial charge in [-0.3, -0.25) is 4.79 Å². The monoisotopic (exact) mass is 288 g/mol. The molecular weight excluding hydrogens is 268 g/mol. The summed E-state index contributed by atoms with van der Waals surface area (Å²) in [5.41, 5.74) is 0.662. The van der Waals surface area contributed by atoms with Gasteiger partial charge in [0.15, 0.2) is 5.82 Å². The number of methoxy groups -OCH3 is 1. The minimum atomic E-state index is -0.398. The van der Waals surface area contributed by atoms with Crippen molar-refractivity contribution in [2.75, 3.05) is 7.11 Å². The van der Waals surface area contributed by atoms with Crippen LogP contribution in [0, 0.1) is 5.41 Å². The number of hydrogen-bond donors (Lipinski definition) is 0. The van der Waals surface area contributed by atoms with Gasteiger partial charge in [0.2, 0.25) is 5.89 Å². The van der Waals surface area contributed by atoms with Crippen LogP contribution in [-0.2, 0) is 17.6 Å². The van der Waals surface area contributed by atoms with E-state index >= 15 is 0 Å². The van der Waals surface area contributed by atoms with Crippen LogP contribution < -0.4 is 4.74 Å². The first-order valence-electron chi connectivity index (χ1n) is 6.86. The van der Waals surface area contributed by atoms with Crippen LogP contribution in [0.1, 0.15) is 38.0 Å². The topological polar surface area (TPSA) is 65.2 Å². The number of carbonyl (C=O) groups is 1. The summed E-state index contributed by atoms with van der Waals surface area (Å²) in [6.07, 6.45) is 0.746. The predicted octanol–water partition coefficient (Wildman–Crippen LogP) is 2.83. The van der Waals surface area contributed by atoms with E-state index in [1.165, 1.54) is 0 Å². The molecule has 0 saturated carbocycles. The largest absolute Gasteiger partial charge is 0.497 e. The Morgan fingerprint density at radius 3 is 2.48 bits per heavy atom. The zero-order valence-electron chi connectivity index (χ0n) is 12.8. The van der Waals surface area contributed by atoms with Crippen LogP contribution in [0.5, 0.6) is 5.75 Å². The predicted molar refractivity (Wildman–Crippen MR) is 78.3 cm³/mol. The second kappa shape index (κ2) is 6.08. The van der Waals surface area contributed by atoms with Gasteiger partial charge >= 0.3 is 0 Å². The number of hydrogen-bond acceptors (Lipinski definition) is 5. The van der Waals surface area contributed by atoms with Crippen molar-refractivity contribution in [1.82, 2.24) is 10.1 Å². The smallest absolute Gasteiger partial charge is 0.234 e. The molecule has 0 spiro atoms. The lowest BCUT2D eigenvalue weighted by Gasteiger charge is -2.14. The molecule has 0 fully saturated rings. The Morgan fingerprint density at radius 1 is 1.24 bits per heavy atom. The standard InChI is InChI=1S/C16H20N2O3/c1-16(2,3)13(19)10-15-17-14(18-21-15)9-11-5-7-12(20-4)8-6-11/h5-8H,9-10H2,1-4H3. The molecule has 5 nitrogen and oxygen atoms in total. The number of ketones is 1. The fourth-order valence-electron chi connectivity index (χ4n) is 1.76. The zero-order valence-corrected chi connectivity index (χ0v) is 12.8. The Bertz CT molecular complexity index is 609. The molecule has 0 aliphatic heterocycles. The minimum Gasteiger partial charge on any atom is -0.497 e. The summed E-state index contributed by atoms with van der Waals surface area (Å²) in [7, 11) is 1.63. The molecule has 1 heterocycles. The van der Waals surface area contributed by atoms with Crippen LogP contribution in [0.15, 0.2) is 28.8 Å². The number of nitrogens with zero attached hydrogens (tertiary/aromatic N) is 2. The van der Waals surface area contributed by atoms with Crippen LogP contribution >= 0.6 is 0 Å². The van der Waals surface area contributed by atoms with E-state index in [4.69, 9.17) is 9.26 Å². The molecule has 21 heavy (non-hydrogen) atoms. The Kier molecular flexibility index (Phi) is 4.40. The van der Waals surface area contributed by atoms with Gasteiger partial charge < -0.3 is 9.26 Å². The molecule has 1 aromatic heterocycles. The summed E-state index contributed by atoms with van der Waals surface area (Å²) < 4.78 is 10.3. The first-order chi connectivity index (χ1) is 9.88. The van der Waals surface area contributed by atoms with E-state index in [1.807, 2.05) is 45.0 Å². The summed E-state index contributed by atoms with van der Waals surface area (Å²) >= 11 is 0. The molecule has 1 aromatic carbocycles. The van der Waals surface area contributed by atoms with E-state index in [0.717, 1.165) is 11.3 Å². The molecule has 2 rings (SSSR count). The van der Waals surface area contributed by atoms with Crippen LogP contribution in [-0.4, -0.2) is 23.0 Å². The molecule has 0 aliphatic carbocycles. The number of benzene rings is 1. The third-order valence-electron chi connectivity index (χ3n) is 3.18. The maximum atomic E-state index is 11.9. The lowest BCUT2D eigenvalue weighted by molar-refractivity contribution is -0.125. The lowest BCUT2D eigenvalue weighted by atomic mass is 9.89. The Hall–Kier alpha value is -2.17. The fourth-order valence-corrected chi connectivity index (χ4v) is 1.76. The van der Waals surface area contributed by atoms with Gasteiger partial charge in [0.05, 0.1) is 13.5 Å². The summed E-state index contributed by atoms with van der Waals surface area (Å²) in [5, 5.41) is 3.92. The average Bonchev–Trinajstić information content (AvgIpc) is 2.86. The molecule has 2 aromatic rings. The van der Waals surface area contributed by atoms with Crippen molar-refractivity contribution < 1.29 is 14.1 Å². The van der Waals surface area contributed by atoms with Crippen LogP contribution in [0.25, 0.3) is 0 Å². The van der Waals surface area contributed by atoms with Crippen molar-refractivity contribution in [3.63, 3.8) is 0 Å². The Balaban J connectivity index is 2.01. The highest BCUT2D eigenvalue weighted by molar-refractivity contribution is 5.84. The molecule has 5 heteroatoms. The summed E-state index contributed by atoms with van der Waals surface area (Å²) in [5.74, 6) is 1.85. The maximum absolute atomic E-state index is 11.9. The van der Waals surface area contributed by atoms with E-state index in [1.54, 1.807) is 7.11 Å². The third-order valence-corrected chi connectivity index (χ3v) is 3.18. The second-order valence-electron chi connectivity index (χ2n) is 5.98. The van der Waals surface area contributed by atoms with Crippen molar-refractivity contribution in [3.8, 4) is 5.75 Å². The number of ether oxygens (including phenoxy) is 1. The molecule has 112 valence electrons. The van der Waals surface area contributed by atoms with Gasteiger partial charge in [-0.1, -0.05) is 38.1 Å². The molecule has 0 atom stereocenters. The number of aromatic nitrogens is 2. The Morgan fingerprint density at radius 2 is 1.90 bits per heavy atom. The molecule has 0 bridgehead atoms. The van der Waals surface area contributed by atoms with Crippen LogP contribution in [0.4, 0.5) is 0 Å². The molecular formula is C16H20N2O3. The fraction of sp³-hybridized carbons (Fsp3) is 0.438. The van der Waals surface area contributed by atoms with Gasteiger partial charge in [0, 0.05) is 11.8 Å². The molecule has 0 amide bonds. The van der Waals surface area contributed by atoms with Gasteiger partial charge in [0.1, 0.15) is 11.5 Å². The van der Waals surface area contributed by atoms with Crippen molar-refractivity contribution in [2.45, 2.75) is 33.6 Å². The van der Waals surface area contributed by atoms with E-state index in [9.17, 15) is 4.79 Å². The second-order valence-corrected chi connectivity index (χ2v) is 5.98. The highest BCUT2D eigenvalue weighted by atomic mass is 16.5. The van der Waals surface area contributed by atoms with Crippen molar-refractivity contribution >= 4 is 5.78 Å². The molecule has 0 unspecified atom stereocenters. The van der Waals surface area contributed by atoms with Crippen molar-refractivity contribution in [2.24, 2.45) is 5.41 Å². The van der Waals surface area contributed by atoms with Gasteiger partial charge in [-0.25, -0.2) is 0 Å². The molecule has 0 N–H and O–H groups in total. The lowest BCUT2D eigenvalue weighted by Crippen LogP contribution is -2.22. The van der Waals surface area contributed by atoms with Crippen LogP contribution in [0.3, 0.4) is 0 Å². The molecule has 0 aliphatic rings. The summed E-state index contributed by atoms with van der Waals surface area (Å²) in [6.45, 7) is 5.64. The zero-order chi connectivity index (χ0) is 15.5. The first-order valence-corrected chi connectivity index (χ1v) is 6.86. The summed E-state index contributed by atoms with van der Waals surface area (Å²) in [6, 6.07) is 7.68. The number of carbonyl (C=O) groups excluding carboxylic acids is 1. The normalized spacial score (nSPS) is 11.4. The molecule has 0 radical (unpaired) electrons. The highest BCUT2D eigenvalue weighted by Gasteiger charge is 2.23. The van der Waals surface area contributed by atoms with Crippen molar-refractivity contribution in [1.29, 1.82) is 0 Å². The van der Waals surface area contributed by atoms with Gasteiger partial charge in [-0.05, 0) is 17.7 Å². The van der Waals surface area contributed by atoms with E-state index in [2.05, 4.69) is 10.1 Å². The van der Waals surface area contributed by atoms with Gasteiger partial charge in [-0.2, -0.15) is 4.98 Å². The number of Topliss-reactive ketones (excluding diaryl/α,β-unsaturated/α-hetero) is 1.